The third-order valence-corrected chi connectivity index (χ3v) is 5.43. The van der Waals surface area contributed by atoms with Crippen LogP contribution in [0.3, 0.4) is 0 Å². The van der Waals surface area contributed by atoms with Crippen molar-refractivity contribution in [3.05, 3.63) is 0 Å². The maximum Gasteiger partial charge on any atom is 1.00 e. The summed E-state index contributed by atoms with van der Waals surface area (Å²) in [7, 11) is -0.147. The first-order chi connectivity index (χ1) is 6.26. The smallest absolute Gasteiger partial charge is 0.870 e. The molecule has 0 bridgehead atoms. The molecule has 15 heavy (non-hydrogen) atoms. The zero-order valence-electron chi connectivity index (χ0n) is 10.6. The Morgan fingerprint density at radius 1 is 1.00 bits per heavy atom. The molecule has 0 aromatic heterocycles. The van der Waals surface area contributed by atoms with Crippen LogP contribution in [0.15, 0.2) is 0 Å². The third-order valence-electron chi connectivity index (χ3n) is 1.81. The Kier molecular flexibility index (Phi) is 42.9. The van der Waals surface area contributed by atoms with Gasteiger partial charge in [0.1, 0.15) is 0 Å². The molecule has 0 spiro atoms. The Morgan fingerprint density at radius 2 is 1.20 bits per heavy atom. The number of rotatable bonds is 6. The van der Waals surface area contributed by atoms with Crippen LogP contribution in [0, 0.1) is 0 Å². The van der Waals surface area contributed by atoms with E-state index in [2.05, 4.69) is 20.8 Å². The predicted octanol–water partition coefficient (Wildman–Crippen LogP) is -1.87. The Morgan fingerprint density at radius 3 is 1.33 bits per heavy atom. The van der Waals surface area contributed by atoms with E-state index in [-0.39, 0.29) is 72.5 Å². The largest absolute Gasteiger partial charge is 1.00 e. The SMILES string of the molecule is CCC[PH+](CCC)CCC.[K+].[O-][B]O.[OH-]. The van der Waals surface area contributed by atoms with Gasteiger partial charge in [-0.1, -0.05) is 20.8 Å². The van der Waals surface area contributed by atoms with Gasteiger partial charge < -0.3 is 15.5 Å². The van der Waals surface area contributed by atoms with Crippen molar-refractivity contribution in [2.75, 3.05) is 18.5 Å². The molecular formula is C9H24BKO3P. The summed E-state index contributed by atoms with van der Waals surface area (Å²) in [5, 5.41) is 15.2. The van der Waals surface area contributed by atoms with Crippen LogP contribution in [-0.2, 0) is 0 Å². The van der Waals surface area contributed by atoms with Crippen LogP contribution in [0.5, 0.6) is 0 Å². The van der Waals surface area contributed by atoms with Gasteiger partial charge in [-0.3, -0.25) is 0 Å². The zero-order valence-corrected chi connectivity index (χ0v) is 14.7. The van der Waals surface area contributed by atoms with E-state index in [1.165, 1.54) is 19.3 Å². The van der Waals surface area contributed by atoms with Gasteiger partial charge in [0, 0.05) is 7.92 Å². The number of hydrogen-bond acceptors (Lipinski definition) is 3. The van der Waals surface area contributed by atoms with Gasteiger partial charge in [-0.15, -0.1) is 0 Å². The summed E-state index contributed by atoms with van der Waals surface area (Å²) in [6, 6.07) is 0. The molecule has 0 aromatic rings. The van der Waals surface area contributed by atoms with E-state index in [0.717, 1.165) is 0 Å². The molecule has 1 radical (unpaired) electrons. The third kappa shape index (κ3) is 25.9. The summed E-state index contributed by atoms with van der Waals surface area (Å²) < 4.78 is 0. The van der Waals surface area contributed by atoms with E-state index in [1.54, 1.807) is 18.5 Å². The van der Waals surface area contributed by atoms with Gasteiger partial charge in [-0.05, 0) is 19.3 Å². The summed E-state index contributed by atoms with van der Waals surface area (Å²) in [6.45, 7) is 6.95. The van der Waals surface area contributed by atoms with E-state index >= 15 is 0 Å². The first-order valence-electron chi connectivity index (χ1n) is 5.18. The minimum atomic E-state index is -0.250. The summed E-state index contributed by atoms with van der Waals surface area (Å²) in [6.07, 6.45) is 8.88. The Bertz CT molecular complexity index is 77.5. The normalized spacial score (nSPS) is 8.13. The Labute approximate surface area is 139 Å². The second-order valence-corrected chi connectivity index (χ2v) is 6.11. The second kappa shape index (κ2) is 25.0. The first kappa shape index (κ1) is 25.8. The van der Waals surface area contributed by atoms with Crippen molar-refractivity contribution in [2.45, 2.75) is 40.0 Å². The molecule has 0 saturated heterocycles. The molecule has 0 aliphatic heterocycles. The zero-order chi connectivity index (χ0) is 10.5. The van der Waals surface area contributed by atoms with Crippen LogP contribution >= 0.6 is 7.92 Å². The Hall–Kier alpha value is 2.01. The summed E-state index contributed by atoms with van der Waals surface area (Å²) >= 11 is 0. The minimum Gasteiger partial charge on any atom is -0.870 e. The molecule has 2 N–H and O–H groups in total. The minimum absolute atomic E-state index is 0. The van der Waals surface area contributed by atoms with Crippen molar-refractivity contribution < 1.29 is 66.9 Å². The van der Waals surface area contributed by atoms with Gasteiger partial charge in [-0.2, -0.15) is 0 Å². The molecule has 0 aliphatic carbocycles. The van der Waals surface area contributed by atoms with Gasteiger partial charge in [0.15, 0.2) is 7.69 Å². The predicted molar refractivity (Wildman–Crippen MR) is 63.7 cm³/mol. The molecule has 6 heteroatoms. The molecule has 87 valence electrons. The molecule has 3 nitrogen and oxygen atoms in total. The molecule has 0 rings (SSSR count). The quantitative estimate of drug-likeness (QED) is 0.450. The van der Waals surface area contributed by atoms with E-state index in [0.29, 0.717) is 0 Å². The van der Waals surface area contributed by atoms with E-state index in [1.807, 2.05) is 0 Å². The van der Waals surface area contributed by atoms with E-state index in [9.17, 15) is 0 Å². The maximum atomic E-state index is 8.36. The molecule has 0 aromatic carbocycles. The van der Waals surface area contributed by atoms with Gasteiger partial charge in [0.05, 0.1) is 18.5 Å². The van der Waals surface area contributed by atoms with Crippen LogP contribution < -0.4 is 56.4 Å². The fourth-order valence-electron chi connectivity index (χ4n) is 1.44. The molecule has 0 amide bonds. The second-order valence-electron chi connectivity index (χ2n) is 3.11. The average molecular weight is 261 g/mol. The summed E-state index contributed by atoms with van der Waals surface area (Å²) in [5.41, 5.74) is 0. The van der Waals surface area contributed by atoms with Crippen molar-refractivity contribution >= 4 is 15.6 Å². The molecule has 0 aliphatic rings. The van der Waals surface area contributed by atoms with Gasteiger partial charge >= 0.3 is 51.4 Å². The summed E-state index contributed by atoms with van der Waals surface area (Å²) in [5.74, 6) is 0. The van der Waals surface area contributed by atoms with Crippen molar-refractivity contribution in [2.24, 2.45) is 0 Å². The van der Waals surface area contributed by atoms with Crippen molar-refractivity contribution in [1.82, 2.24) is 0 Å². The van der Waals surface area contributed by atoms with Crippen LogP contribution in [0.25, 0.3) is 0 Å². The molecule has 0 unspecified atom stereocenters. The topological polar surface area (TPSA) is 73.3 Å². The van der Waals surface area contributed by atoms with Gasteiger partial charge in [-0.25, -0.2) is 0 Å². The maximum absolute atomic E-state index is 8.36. The monoisotopic (exact) mass is 261 g/mol. The molecule has 0 atom stereocenters. The number of hydrogen-bond donors (Lipinski definition) is 1. The fraction of sp³-hybridized carbons (Fsp3) is 1.00. The van der Waals surface area contributed by atoms with Crippen molar-refractivity contribution in [3.8, 4) is 0 Å². The first-order valence-corrected chi connectivity index (χ1v) is 7.30. The molecular weight excluding hydrogens is 237 g/mol. The van der Waals surface area contributed by atoms with E-state index in [4.69, 9.17) is 10.0 Å². The van der Waals surface area contributed by atoms with Crippen molar-refractivity contribution in [1.29, 1.82) is 0 Å². The molecule has 0 saturated carbocycles. The van der Waals surface area contributed by atoms with Crippen LogP contribution in [-0.4, -0.2) is 36.7 Å². The van der Waals surface area contributed by atoms with Crippen LogP contribution in [0.1, 0.15) is 40.0 Å². The molecule has 0 heterocycles. The van der Waals surface area contributed by atoms with Gasteiger partial charge in [0.25, 0.3) is 0 Å². The summed E-state index contributed by atoms with van der Waals surface area (Å²) in [4.78, 5) is 0. The van der Waals surface area contributed by atoms with Gasteiger partial charge in [0.2, 0.25) is 0 Å². The van der Waals surface area contributed by atoms with Crippen molar-refractivity contribution in [3.63, 3.8) is 0 Å². The fourth-order valence-corrected chi connectivity index (χ4v) is 4.31. The van der Waals surface area contributed by atoms with Crippen LogP contribution in [0.2, 0.25) is 0 Å². The Balaban J connectivity index is -0.000000108. The standard InChI is InChI=1S/C9H21P.BHO2.K.H2O/c1-4-7-10(8-5-2)9-6-3;2-1-3;;/h4-9H2,1-3H3;2H;;1H2/q;-1;+1;. The van der Waals surface area contributed by atoms with Crippen LogP contribution in [0.4, 0.5) is 0 Å². The average Bonchev–Trinajstić information content (AvgIpc) is 2.07. The molecule has 0 fully saturated rings. The van der Waals surface area contributed by atoms with E-state index < -0.39 is 0 Å².